The molecule has 1 heterocycles. The van der Waals surface area contributed by atoms with Crippen molar-refractivity contribution in [2.45, 2.75) is 37.6 Å². The van der Waals surface area contributed by atoms with Gasteiger partial charge in [-0.2, -0.15) is 0 Å². The SMILES string of the molecule is O=Cc1cccc(F)c1Oc1ccc(Cl)c2c1C1(CCCCC1)NC(=O)N2. The quantitative estimate of drug-likeness (QED) is 0.694. The van der Waals surface area contributed by atoms with Crippen molar-refractivity contribution in [1.29, 1.82) is 0 Å². The molecular weight excluding hydrogens is 371 g/mol. The van der Waals surface area contributed by atoms with E-state index in [4.69, 9.17) is 16.3 Å². The highest BCUT2D eigenvalue weighted by molar-refractivity contribution is 6.34. The number of para-hydroxylation sites is 1. The molecule has 2 aliphatic rings. The first-order chi connectivity index (χ1) is 13.0. The van der Waals surface area contributed by atoms with E-state index in [1.165, 1.54) is 18.2 Å². The summed E-state index contributed by atoms with van der Waals surface area (Å²) in [7, 11) is 0. The number of nitrogens with one attached hydrogen (secondary N) is 2. The first kappa shape index (κ1) is 17.8. The third-order valence-electron chi connectivity index (χ3n) is 5.23. The fourth-order valence-electron chi connectivity index (χ4n) is 4.03. The Labute approximate surface area is 160 Å². The molecule has 7 heteroatoms. The zero-order chi connectivity index (χ0) is 19.0. The van der Waals surface area contributed by atoms with Gasteiger partial charge in [-0.25, -0.2) is 9.18 Å². The van der Waals surface area contributed by atoms with E-state index in [9.17, 15) is 14.0 Å². The number of hydrogen-bond acceptors (Lipinski definition) is 3. The van der Waals surface area contributed by atoms with E-state index < -0.39 is 11.4 Å². The van der Waals surface area contributed by atoms with Crippen molar-refractivity contribution >= 4 is 29.6 Å². The molecule has 2 N–H and O–H groups in total. The lowest BCUT2D eigenvalue weighted by atomic mass is 9.74. The highest BCUT2D eigenvalue weighted by Crippen LogP contribution is 2.50. The Kier molecular flexibility index (Phi) is 4.52. The Balaban J connectivity index is 1.88. The number of aldehydes is 1. The molecule has 0 aromatic heterocycles. The molecule has 1 saturated carbocycles. The molecule has 0 bridgehead atoms. The third kappa shape index (κ3) is 3.04. The first-order valence-corrected chi connectivity index (χ1v) is 9.25. The lowest BCUT2D eigenvalue weighted by molar-refractivity contribution is 0.112. The van der Waals surface area contributed by atoms with E-state index in [0.29, 0.717) is 28.3 Å². The minimum absolute atomic E-state index is 0.115. The van der Waals surface area contributed by atoms with Crippen LogP contribution in [0.5, 0.6) is 11.5 Å². The van der Waals surface area contributed by atoms with Gasteiger partial charge in [0.2, 0.25) is 0 Å². The Morgan fingerprint density at radius 1 is 1.15 bits per heavy atom. The molecule has 0 radical (unpaired) electrons. The summed E-state index contributed by atoms with van der Waals surface area (Å²) in [6.45, 7) is 0. The normalized spacial score (nSPS) is 17.6. The Bertz CT molecular complexity index is 926. The van der Waals surface area contributed by atoms with Gasteiger partial charge in [0.05, 0.1) is 21.8 Å². The average molecular weight is 389 g/mol. The largest absolute Gasteiger partial charge is 0.453 e. The van der Waals surface area contributed by atoms with E-state index in [-0.39, 0.29) is 17.3 Å². The fourth-order valence-corrected chi connectivity index (χ4v) is 4.24. The number of carbonyl (C=O) groups excluding carboxylic acids is 2. The van der Waals surface area contributed by atoms with Crippen molar-refractivity contribution in [2.24, 2.45) is 0 Å². The lowest BCUT2D eigenvalue weighted by Gasteiger charge is -2.43. The molecule has 1 aliphatic carbocycles. The zero-order valence-corrected chi connectivity index (χ0v) is 15.2. The minimum Gasteiger partial charge on any atom is -0.453 e. The molecule has 1 aliphatic heterocycles. The van der Waals surface area contributed by atoms with Crippen LogP contribution in [-0.2, 0) is 5.54 Å². The second kappa shape index (κ2) is 6.85. The van der Waals surface area contributed by atoms with Crippen LogP contribution in [0, 0.1) is 5.82 Å². The summed E-state index contributed by atoms with van der Waals surface area (Å²) in [4.78, 5) is 23.6. The third-order valence-corrected chi connectivity index (χ3v) is 5.54. The number of amides is 2. The molecular formula is C20H18ClFN2O3. The molecule has 1 fully saturated rings. The predicted molar refractivity (Wildman–Crippen MR) is 100 cm³/mol. The minimum atomic E-state index is -0.631. The molecule has 140 valence electrons. The molecule has 4 rings (SSSR count). The monoisotopic (exact) mass is 388 g/mol. The van der Waals surface area contributed by atoms with Gasteiger partial charge in [-0.1, -0.05) is 36.9 Å². The van der Waals surface area contributed by atoms with Gasteiger partial charge < -0.3 is 15.4 Å². The van der Waals surface area contributed by atoms with Crippen LogP contribution in [-0.4, -0.2) is 12.3 Å². The summed E-state index contributed by atoms with van der Waals surface area (Å²) in [5.74, 6) is -0.398. The summed E-state index contributed by atoms with van der Waals surface area (Å²) >= 11 is 6.35. The van der Waals surface area contributed by atoms with Crippen LogP contribution < -0.4 is 15.4 Å². The van der Waals surface area contributed by atoms with Gasteiger partial charge in [-0.15, -0.1) is 0 Å². The Morgan fingerprint density at radius 3 is 2.67 bits per heavy atom. The number of ether oxygens (including phenoxy) is 1. The van der Waals surface area contributed by atoms with E-state index in [2.05, 4.69) is 10.6 Å². The smallest absolute Gasteiger partial charge is 0.319 e. The van der Waals surface area contributed by atoms with Crippen LogP contribution in [0.2, 0.25) is 5.02 Å². The summed E-state index contributed by atoms with van der Waals surface area (Å²) in [6.07, 6.45) is 5.01. The van der Waals surface area contributed by atoms with Crippen LogP contribution >= 0.6 is 11.6 Å². The van der Waals surface area contributed by atoms with Crippen molar-refractivity contribution in [3.05, 3.63) is 52.3 Å². The van der Waals surface area contributed by atoms with Gasteiger partial charge in [0.25, 0.3) is 0 Å². The topological polar surface area (TPSA) is 67.4 Å². The van der Waals surface area contributed by atoms with Crippen molar-refractivity contribution in [1.82, 2.24) is 5.32 Å². The molecule has 0 unspecified atom stereocenters. The van der Waals surface area contributed by atoms with Crippen molar-refractivity contribution in [3.8, 4) is 11.5 Å². The number of rotatable bonds is 3. The molecule has 2 aromatic rings. The van der Waals surface area contributed by atoms with Crippen LogP contribution in [0.15, 0.2) is 30.3 Å². The highest BCUT2D eigenvalue weighted by atomic mass is 35.5. The van der Waals surface area contributed by atoms with Crippen molar-refractivity contribution in [2.75, 3.05) is 5.32 Å². The van der Waals surface area contributed by atoms with Gasteiger partial charge in [0.1, 0.15) is 5.75 Å². The summed E-state index contributed by atoms with van der Waals surface area (Å²) in [5.41, 5.74) is 0.672. The maximum Gasteiger partial charge on any atom is 0.319 e. The van der Waals surface area contributed by atoms with Gasteiger partial charge in [0, 0.05) is 5.56 Å². The Hall–Kier alpha value is -2.60. The maximum atomic E-state index is 14.3. The van der Waals surface area contributed by atoms with E-state index in [1.807, 2.05) is 0 Å². The molecule has 2 aromatic carbocycles. The van der Waals surface area contributed by atoms with Gasteiger partial charge in [0.15, 0.2) is 17.9 Å². The molecule has 5 nitrogen and oxygen atoms in total. The number of carbonyl (C=O) groups is 2. The highest BCUT2D eigenvalue weighted by Gasteiger charge is 2.43. The molecule has 1 spiro atoms. The zero-order valence-electron chi connectivity index (χ0n) is 14.5. The lowest BCUT2D eigenvalue weighted by Crippen LogP contribution is -2.52. The molecule has 0 atom stereocenters. The van der Waals surface area contributed by atoms with E-state index in [1.54, 1.807) is 12.1 Å². The van der Waals surface area contributed by atoms with Crippen molar-refractivity contribution < 1.29 is 18.7 Å². The van der Waals surface area contributed by atoms with Crippen LogP contribution in [0.4, 0.5) is 14.9 Å². The predicted octanol–water partition coefficient (Wildman–Crippen LogP) is 5.38. The van der Waals surface area contributed by atoms with Crippen LogP contribution in [0.25, 0.3) is 0 Å². The summed E-state index contributed by atoms with van der Waals surface area (Å²) < 4.78 is 20.2. The van der Waals surface area contributed by atoms with Gasteiger partial charge >= 0.3 is 6.03 Å². The van der Waals surface area contributed by atoms with E-state index in [0.717, 1.165) is 32.1 Å². The fraction of sp³-hybridized carbons (Fsp3) is 0.300. The van der Waals surface area contributed by atoms with Crippen molar-refractivity contribution in [3.63, 3.8) is 0 Å². The number of fused-ring (bicyclic) bond motifs is 2. The number of anilines is 1. The van der Waals surface area contributed by atoms with Gasteiger partial charge in [-0.05, 0) is 37.1 Å². The molecule has 0 saturated heterocycles. The summed E-state index contributed by atoms with van der Waals surface area (Å²) in [5, 5.41) is 6.17. The van der Waals surface area contributed by atoms with Gasteiger partial charge in [-0.3, -0.25) is 4.79 Å². The van der Waals surface area contributed by atoms with E-state index >= 15 is 0 Å². The Morgan fingerprint density at radius 2 is 1.93 bits per heavy atom. The average Bonchev–Trinajstić information content (AvgIpc) is 2.66. The maximum absolute atomic E-state index is 14.3. The number of hydrogen-bond donors (Lipinski definition) is 2. The molecule has 2 amide bonds. The number of halogens is 2. The number of benzene rings is 2. The number of urea groups is 1. The van der Waals surface area contributed by atoms with Crippen LogP contribution in [0.1, 0.15) is 48.0 Å². The second-order valence-electron chi connectivity index (χ2n) is 6.90. The van der Waals surface area contributed by atoms with Crippen LogP contribution in [0.3, 0.4) is 0 Å². The second-order valence-corrected chi connectivity index (χ2v) is 7.30. The standard InChI is InChI=1S/C20H18ClFN2O3/c21-13-7-8-15(27-18-12(11-25)5-4-6-14(18)22)16-17(13)23-19(26)24-20(16)9-2-1-3-10-20/h4-8,11H,1-3,9-10H2,(H2,23,24,26). The summed E-state index contributed by atoms with van der Waals surface area (Å²) in [6, 6.07) is 7.11. The first-order valence-electron chi connectivity index (χ1n) is 8.88. The molecule has 27 heavy (non-hydrogen) atoms.